The molecule has 0 unspecified atom stereocenters. The molecule has 1 aliphatic heterocycles. The first-order valence-electron chi connectivity index (χ1n) is 7.47. The molecule has 1 saturated carbocycles. The molecule has 0 bridgehead atoms. The highest BCUT2D eigenvalue weighted by atomic mass is 16.4. The Labute approximate surface area is 116 Å². The lowest BCUT2D eigenvalue weighted by molar-refractivity contribution is 0.115. The van der Waals surface area contributed by atoms with E-state index in [0.29, 0.717) is 11.9 Å². The van der Waals surface area contributed by atoms with Gasteiger partial charge in [-0.05, 0) is 57.8 Å². The van der Waals surface area contributed by atoms with E-state index in [1.807, 2.05) is 0 Å². The van der Waals surface area contributed by atoms with Crippen molar-refractivity contribution in [3.63, 3.8) is 0 Å². The average molecular weight is 268 g/mol. The van der Waals surface area contributed by atoms with Crippen LogP contribution in [0.4, 0.5) is 0 Å². The third-order valence-corrected chi connectivity index (χ3v) is 4.85. The molecular weight excluding hydrogens is 240 g/mol. The Kier molecular flexibility index (Phi) is 4.68. The predicted octanol–water partition coefficient (Wildman–Crippen LogP) is 1.32. The summed E-state index contributed by atoms with van der Waals surface area (Å²) >= 11 is 0. The molecule has 0 radical (unpaired) electrons. The maximum Gasteiger partial charge on any atom is 0.139 e. The van der Waals surface area contributed by atoms with Crippen LogP contribution in [0, 0.1) is 5.41 Å². The zero-order valence-corrected chi connectivity index (χ0v) is 12.3. The van der Waals surface area contributed by atoms with Crippen molar-refractivity contribution >= 4 is 5.84 Å². The number of likely N-dealkylation sites (tertiary alicyclic amines) is 1. The zero-order valence-electron chi connectivity index (χ0n) is 12.3. The molecule has 0 atom stereocenters. The van der Waals surface area contributed by atoms with Gasteiger partial charge in [0.15, 0.2) is 0 Å². The van der Waals surface area contributed by atoms with Gasteiger partial charge in [-0.25, -0.2) is 0 Å². The van der Waals surface area contributed by atoms with Crippen molar-refractivity contribution in [1.29, 1.82) is 0 Å². The van der Waals surface area contributed by atoms with Gasteiger partial charge in [0.1, 0.15) is 5.84 Å². The summed E-state index contributed by atoms with van der Waals surface area (Å²) in [5.74, 6) is 0.381. The van der Waals surface area contributed by atoms with Crippen LogP contribution in [0.2, 0.25) is 0 Å². The first-order valence-corrected chi connectivity index (χ1v) is 7.47. The largest absolute Gasteiger partial charge is 0.409 e. The lowest BCUT2D eigenvalue weighted by Crippen LogP contribution is -2.45. The van der Waals surface area contributed by atoms with Gasteiger partial charge in [0.25, 0.3) is 0 Å². The number of oxime groups is 1. The minimum absolute atomic E-state index is 0.285. The summed E-state index contributed by atoms with van der Waals surface area (Å²) in [5.41, 5.74) is 5.95. The number of hydrogen-bond acceptors (Lipinski definition) is 4. The normalized spacial score (nSPS) is 24.9. The number of amidine groups is 1. The van der Waals surface area contributed by atoms with Crippen LogP contribution in [0.25, 0.3) is 0 Å². The van der Waals surface area contributed by atoms with E-state index in [1.54, 1.807) is 0 Å². The van der Waals surface area contributed by atoms with Crippen molar-refractivity contribution in [3.05, 3.63) is 0 Å². The first-order chi connectivity index (χ1) is 9.08. The smallest absolute Gasteiger partial charge is 0.139 e. The Morgan fingerprint density at radius 2 is 2.05 bits per heavy atom. The molecule has 0 amide bonds. The Morgan fingerprint density at radius 1 is 1.42 bits per heavy atom. The van der Waals surface area contributed by atoms with Gasteiger partial charge in [0, 0.05) is 19.0 Å². The number of nitrogens with zero attached hydrogens (tertiary/aromatic N) is 3. The van der Waals surface area contributed by atoms with E-state index in [0.717, 1.165) is 13.0 Å². The minimum atomic E-state index is 0.285. The minimum Gasteiger partial charge on any atom is -0.409 e. The monoisotopic (exact) mass is 268 g/mol. The molecule has 110 valence electrons. The standard InChI is InChI=1S/C14H28N4O/c1-3-18-8-4-12(5-9-18)17(2)11-14(6-7-14)10-13(15)16-19/h12,19H,3-11H2,1-2H3,(H2,15,16). The highest BCUT2D eigenvalue weighted by molar-refractivity contribution is 5.80. The summed E-state index contributed by atoms with van der Waals surface area (Å²) < 4.78 is 0. The average Bonchev–Trinajstić information content (AvgIpc) is 3.18. The summed E-state index contributed by atoms with van der Waals surface area (Å²) in [6.07, 6.45) is 5.69. The van der Waals surface area contributed by atoms with Gasteiger partial charge in [0.2, 0.25) is 0 Å². The fourth-order valence-corrected chi connectivity index (χ4v) is 3.32. The highest BCUT2D eigenvalue weighted by Crippen LogP contribution is 2.49. The van der Waals surface area contributed by atoms with Gasteiger partial charge in [-0.1, -0.05) is 12.1 Å². The van der Waals surface area contributed by atoms with Crippen molar-refractivity contribution in [2.24, 2.45) is 16.3 Å². The van der Waals surface area contributed by atoms with Gasteiger partial charge in [0.05, 0.1) is 0 Å². The Morgan fingerprint density at radius 3 is 2.53 bits per heavy atom. The third kappa shape index (κ3) is 3.83. The van der Waals surface area contributed by atoms with E-state index in [2.05, 4.69) is 28.9 Å². The lowest BCUT2D eigenvalue weighted by atomic mass is 9.97. The number of hydrogen-bond donors (Lipinski definition) is 2. The highest BCUT2D eigenvalue weighted by Gasteiger charge is 2.44. The number of nitrogens with two attached hydrogens (primary N) is 1. The quantitative estimate of drug-likeness (QED) is 0.330. The maximum atomic E-state index is 8.71. The van der Waals surface area contributed by atoms with E-state index in [9.17, 15) is 0 Å². The van der Waals surface area contributed by atoms with E-state index in [-0.39, 0.29) is 5.41 Å². The molecule has 19 heavy (non-hydrogen) atoms. The second-order valence-electron chi connectivity index (χ2n) is 6.35. The van der Waals surface area contributed by atoms with Crippen molar-refractivity contribution in [2.45, 2.75) is 45.1 Å². The summed E-state index contributed by atoms with van der Waals surface area (Å²) in [6, 6.07) is 0.701. The number of rotatable bonds is 6. The maximum absolute atomic E-state index is 8.71. The first kappa shape index (κ1) is 14.6. The van der Waals surface area contributed by atoms with Crippen molar-refractivity contribution in [2.75, 3.05) is 33.2 Å². The summed E-state index contributed by atoms with van der Waals surface area (Å²) in [6.45, 7) is 6.93. The summed E-state index contributed by atoms with van der Waals surface area (Å²) in [5, 5.41) is 11.8. The van der Waals surface area contributed by atoms with Crippen LogP contribution in [-0.4, -0.2) is 60.1 Å². The molecule has 5 heteroatoms. The van der Waals surface area contributed by atoms with Gasteiger partial charge < -0.3 is 20.7 Å². The van der Waals surface area contributed by atoms with E-state index >= 15 is 0 Å². The summed E-state index contributed by atoms with van der Waals surface area (Å²) in [7, 11) is 2.23. The Hall–Kier alpha value is -0.810. The van der Waals surface area contributed by atoms with Crippen LogP contribution in [0.5, 0.6) is 0 Å². The van der Waals surface area contributed by atoms with Crippen LogP contribution in [-0.2, 0) is 0 Å². The van der Waals surface area contributed by atoms with Gasteiger partial charge in [-0.15, -0.1) is 0 Å². The van der Waals surface area contributed by atoms with Crippen LogP contribution in [0.15, 0.2) is 5.16 Å². The SMILES string of the molecule is CCN1CCC(N(C)CC2(CC(N)=NO)CC2)CC1. The molecule has 2 fully saturated rings. The molecule has 1 saturated heterocycles. The molecule has 1 aliphatic carbocycles. The molecule has 0 aromatic carbocycles. The Balaban J connectivity index is 1.80. The molecule has 1 heterocycles. The number of piperidine rings is 1. The molecule has 2 rings (SSSR count). The molecule has 5 nitrogen and oxygen atoms in total. The van der Waals surface area contributed by atoms with Gasteiger partial charge in [-0.2, -0.15) is 0 Å². The molecule has 3 N–H and O–H groups in total. The third-order valence-electron chi connectivity index (χ3n) is 4.85. The molecule has 0 spiro atoms. The molecule has 0 aromatic rings. The second-order valence-corrected chi connectivity index (χ2v) is 6.35. The lowest BCUT2D eigenvalue weighted by Gasteiger charge is -2.37. The fourth-order valence-electron chi connectivity index (χ4n) is 3.32. The van der Waals surface area contributed by atoms with Crippen LogP contribution < -0.4 is 5.73 Å². The van der Waals surface area contributed by atoms with Gasteiger partial charge >= 0.3 is 0 Å². The van der Waals surface area contributed by atoms with Crippen molar-refractivity contribution in [1.82, 2.24) is 9.80 Å². The van der Waals surface area contributed by atoms with Crippen LogP contribution >= 0.6 is 0 Å². The topological polar surface area (TPSA) is 65.1 Å². The van der Waals surface area contributed by atoms with Gasteiger partial charge in [-0.3, -0.25) is 0 Å². The zero-order chi connectivity index (χ0) is 13.9. The molecular formula is C14H28N4O. The predicted molar refractivity (Wildman–Crippen MR) is 77.5 cm³/mol. The van der Waals surface area contributed by atoms with Crippen LogP contribution in [0.3, 0.4) is 0 Å². The van der Waals surface area contributed by atoms with E-state index < -0.39 is 0 Å². The van der Waals surface area contributed by atoms with E-state index in [4.69, 9.17) is 10.9 Å². The Bertz CT molecular complexity index is 319. The molecule has 2 aliphatic rings. The van der Waals surface area contributed by atoms with E-state index in [1.165, 1.54) is 45.3 Å². The van der Waals surface area contributed by atoms with Crippen molar-refractivity contribution < 1.29 is 5.21 Å². The molecule has 0 aromatic heterocycles. The second kappa shape index (κ2) is 6.09. The van der Waals surface area contributed by atoms with Crippen molar-refractivity contribution in [3.8, 4) is 0 Å². The summed E-state index contributed by atoms with van der Waals surface area (Å²) in [4.78, 5) is 5.03. The van der Waals surface area contributed by atoms with Crippen LogP contribution in [0.1, 0.15) is 39.0 Å². The fraction of sp³-hybridized carbons (Fsp3) is 0.929.